The summed E-state index contributed by atoms with van der Waals surface area (Å²) in [5.41, 5.74) is 1.14. The maximum Gasteiger partial charge on any atom is 0.0908 e. The van der Waals surface area contributed by atoms with Gasteiger partial charge in [0.25, 0.3) is 0 Å². The molecule has 86 valence electrons. The van der Waals surface area contributed by atoms with Crippen molar-refractivity contribution < 1.29 is 0 Å². The van der Waals surface area contributed by atoms with E-state index in [1.54, 1.807) is 11.3 Å². The van der Waals surface area contributed by atoms with E-state index in [1.165, 1.54) is 26.2 Å². The second kappa shape index (κ2) is 3.53. The average molecular weight is 249 g/mol. The van der Waals surface area contributed by atoms with Crippen molar-refractivity contribution in [2.75, 3.05) is 0 Å². The monoisotopic (exact) mass is 249 g/mol. The summed E-state index contributed by atoms with van der Waals surface area (Å²) in [4.78, 5) is 4.67. The third-order valence-corrected chi connectivity index (χ3v) is 4.28. The van der Waals surface area contributed by atoms with Crippen molar-refractivity contribution in [2.24, 2.45) is 0 Å². The first kappa shape index (κ1) is 10.0. The van der Waals surface area contributed by atoms with Gasteiger partial charge < -0.3 is 0 Å². The molecule has 1 nitrogen and oxygen atoms in total. The van der Waals surface area contributed by atoms with Crippen molar-refractivity contribution in [1.82, 2.24) is 4.98 Å². The lowest BCUT2D eigenvalue weighted by molar-refractivity contribution is 1.35. The topological polar surface area (TPSA) is 12.9 Å². The molecular weight excluding hydrogens is 238 g/mol. The van der Waals surface area contributed by atoms with Crippen LogP contribution in [-0.2, 0) is 0 Å². The molecule has 0 aliphatic carbocycles. The van der Waals surface area contributed by atoms with Gasteiger partial charge in [-0.15, -0.1) is 11.3 Å². The van der Waals surface area contributed by atoms with Gasteiger partial charge >= 0.3 is 0 Å². The number of nitrogens with zero attached hydrogens (tertiary/aromatic N) is 1. The summed E-state index contributed by atoms with van der Waals surface area (Å²) in [6, 6.07) is 17.4. The molecule has 2 heteroatoms. The Morgan fingerprint density at radius 3 is 2.50 bits per heavy atom. The van der Waals surface area contributed by atoms with Gasteiger partial charge in [-0.25, -0.2) is 4.98 Å². The van der Waals surface area contributed by atoms with Crippen molar-refractivity contribution in [3.8, 4) is 0 Å². The SMILES string of the molecule is Cc1nc2c(ccc3cc4ccccc4cc32)s1. The minimum absolute atomic E-state index is 1.13. The Hall–Kier alpha value is -1.93. The van der Waals surface area contributed by atoms with Crippen LogP contribution in [0.3, 0.4) is 0 Å². The number of thiazole rings is 1. The molecule has 0 fully saturated rings. The zero-order chi connectivity index (χ0) is 12.1. The van der Waals surface area contributed by atoms with E-state index in [1.807, 2.05) is 0 Å². The van der Waals surface area contributed by atoms with Gasteiger partial charge in [0.1, 0.15) is 0 Å². The molecule has 0 radical (unpaired) electrons. The Bertz CT molecular complexity index is 889. The lowest BCUT2D eigenvalue weighted by atomic mass is 10.0. The van der Waals surface area contributed by atoms with Crippen LogP contribution in [0.15, 0.2) is 48.5 Å². The highest BCUT2D eigenvalue weighted by molar-refractivity contribution is 7.18. The highest BCUT2D eigenvalue weighted by atomic mass is 32.1. The fourth-order valence-corrected chi connectivity index (χ4v) is 3.36. The summed E-state index contributed by atoms with van der Waals surface area (Å²) < 4.78 is 1.27. The zero-order valence-electron chi connectivity index (χ0n) is 9.97. The van der Waals surface area contributed by atoms with Crippen LogP contribution in [-0.4, -0.2) is 4.98 Å². The third-order valence-electron chi connectivity index (χ3n) is 3.35. The Labute approximate surface area is 109 Å². The maximum atomic E-state index is 4.67. The Morgan fingerprint density at radius 1 is 0.889 bits per heavy atom. The van der Waals surface area contributed by atoms with Crippen LogP contribution in [0.2, 0.25) is 0 Å². The summed E-state index contributed by atoms with van der Waals surface area (Å²) in [5.74, 6) is 0. The van der Waals surface area contributed by atoms with Crippen LogP contribution < -0.4 is 0 Å². The number of hydrogen-bond donors (Lipinski definition) is 0. The van der Waals surface area contributed by atoms with Gasteiger partial charge in [-0.2, -0.15) is 0 Å². The fraction of sp³-hybridized carbons (Fsp3) is 0.0625. The molecule has 4 rings (SSSR count). The highest BCUT2D eigenvalue weighted by Gasteiger charge is 2.06. The molecule has 0 aliphatic heterocycles. The van der Waals surface area contributed by atoms with Crippen LogP contribution in [0.4, 0.5) is 0 Å². The zero-order valence-corrected chi connectivity index (χ0v) is 10.8. The van der Waals surface area contributed by atoms with Crippen LogP contribution in [0.5, 0.6) is 0 Å². The molecule has 0 spiro atoms. The maximum absolute atomic E-state index is 4.67. The van der Waals surface area contributed by atoms with Gasteiger partial charge in [0, 0.05) is 5.39 Å². The first-order chi connectivity index (χ1) is 8.81. The minimum atomic E-state index is 1.13. The first-order valence-corrected chi connectivity index (χ1v) is 6.81. The normalized spacial score (nSPS) is 11.6. The van der Waals surface area contributed by atoms with Crippen molar-refractivity contribution in [3.63, 3.8) is 0 Å². The van der Waals surface area contributed by atoms with Gasteiger partial charge in [-0.05, 0) is 41.3 Å². The van der Waals surface area contributed by atoms with E-state index in [9.17, 15) is 0 Å². The molecule has 0 unspecified atom stereocenters. The van der Waals surface area contributed by atoms with Gasteiger partial charge in [-0.1, -0.05) is 30.3 Å². The predicted octanol–water partition coefficient (Wildman–Crippen LogP) is 4.91. The van der Waals surface area contributed by atoms with Crippen molar-refractivity contribution >= 4 is 43.1 Å². The summed E-state index contributed by atoms with van der Waals surface area (Å²) >= 11 is 1.76. The standard InChI is InChI=1S/C16H11NS/c1-10-17-16-14-9-12-5-3-2-4-11(12)8-13(14)6-7-15(16)18-10/h2-9H,1H3. The molecular formula is C16H11NS. The second-order valence-corrected chi connectivity index (χ2v) is 5.80. The second-order valence-electron chi connectivity index (χ2n) is 4.57. The van der Waals surface area contributed by atoms with Crippen LogP contribution in [0.25, 0.3) is 31.8 Å². The van der Waals surface area contributed by atoms with E-state index >= 15 is 0 Å². The van der Waals surface area contributed by atoms with E-state index in [0.717, 1.165) is 10.5 Å². The van der Waals surface area contributed by atoms with E-state index in [2.05, 4.69) is 60.4 Å². The number of fused-ring (bicyclic) bond motifs is 4. The largest absolute Gasteiger partial charge is 0.241 e. The molecule has 0 aliphatic rings. The fourth-order valence-electron chi connectivity index (χ4n) is 2.52. The van der Waals surface area contributed by atoms with Crippen LogP contribution in [0.1, 0.15) is 5.01 Å². The number of rotatable bonds is 0. The van der Waals surface area contributed by atoms with Gasteiger partial charge in [0.15, 0.2) is 0 Å². The van der Waals surface area contributed by atoms with Crippen LogP contribution in [0, 0.1) is 6.92 Å². The van der Waals surface area contributed by atoms with E-state index in [-0.39, 0.29) is 0 Å². The molecule has 1 heterocycles. The van der Waals surface area contributed by atoms with Crippen molar-refractivity contribution in [1.29, 1.82) is 0 Å². The Kier molecular flexibility index (Phi) is 1.97. The molecule has 0 saturated carbocycles. The molecule has 4 aromatic rings. The van der Waals surface area contributed by atoms with E-state index in [4.69, 9.17) is 0 Å². The molecule has 0 amide bonds. The molecule has 0 saturated heterocycles. The summed E-state index contributed by atoms with van der Waals surface area (Å²) in [7, 11) is 0. The quantitative estimate of drug-likeness (QED) is 0.403. The van der Waals surface area contributed by atoms with Crippen molar-refractivity contribution in [2.45, 2.75) is 6.92 Å². The number of benzene rings is 3. The minimum Gasteiger partial charge on any atom is -0.241 e. The Balaban J connectivity index is 2.26. The van der Waals surface area contributed by atoms with E-state index < -0.39 is 0 Å². The van der Waals surface area contributed by atoms with Crippen molar-refractivity contribution in [3.05, 3.63) is 53.5 Å². The molecule has 0 atom stereocenters. The van der Waals surface area contributed by atoms with Crippen LogP contribution >= 0.6 is 11.3 Å². The molecule has 18 heavy (non-hydrogen) atoms. The highest BCUT2D eigenvalue weighted by Crippen LogP contribution is 2.31. The van der Waals surface area contributed by atoms with E-state index in [0.29, 0.717) is 0 Å². The molecule has 1 aromatic heterocycles. The third kappa shape index (κ3) is 1.36. The predicted molar refractivity (Wildman–Crippen MR) is 79.4 cm³/mol. The lowest BCUT2D eigenvalue weighted by Crippen LogP contribution is -1.78. The average Bonchev–Trinajstić information content (AvgIpc) is 2.77. The number of hydrogen-bond acceptors (Lipinski definition) is 2. The molecule has 3 aromatic carbocycles. The van der Waals surface area contributed by atoms with Gasteiger partial charge in [-0.3, -0.25) is 0 Å². The number of aryl methyl sites for hydroxylation is 1. The summed E-state index contributed by atoms with van der Waals surface area (Å²) in [6.07, 6.45) is 0. The smallest absolute Gasteiger partial charge is 0.0908 e. The Morgan fingerprint density at radius 2 is 1.67 bits per heavy atom. The molecule has 0 N–H and O–H groups in total. The number of aromatic nitrogens is 1. The summed E-state index contributed by atoms with van der Waals surface area (Å²) in [6.45, 7) is 2.07. The summed E-state index contributed by atoms with van der Waals surface area (Å²) in [5, 5.41) is 6.23. The molecule has 0 bridgehead atoms. The van der Waals surface area contributed by atoms with Gasteiger partial charge in [0.05, 0.1) is 15.2 Å². The van der Waals surface area contributed by atoms with Gasteiger partial charge in [0.2, 0.25) is 0 Å². The first-order valence-electron chi connectivity index (χ1n) is 6.00. The lowest BCUT2D eigenvalue weighted by Gasteiger charge is -2.02.